The van der Waals surface area contributed by atoms with Crippen molar-refractivity contribution in [2.75, 3.05) is 5.32 Å². The summed E-state index contributed by atoms with van der Waals surface area (Å²) in [7, 11) is 1.83. The molecule has 126 valence electrons. The maximum absolute atomic E-state index is 12.2. The van der Waals surface area contributed by atoms with E-state index in [1.165, 1.54) is 0 Å². The molecule has 1 fully saturated rings. The minimum atomic E-state index is -0.0676. The number of amides is 1. The lowest BCUT2D eigenvalue weighted by atomic mass is 10.1. The first kappa shape index (κ1) is 16.7. The minimum Gasteiger partial charge on any atom is -0.329 e. The molecule has 24 heavy (non-hydrogen) atoms. The molecule has 0 radical (unpaired) electrons. The van der Waals surface area contributed by atoms with Gasteiger partial charge in [0.25, 0.3) is 0 Å². The van der Waals surface area contributed by atoms with E-state index >= 15 is 0 Å². The van der Waals surface area contributed by atoms with Crippen molar-refractivity contribution < 1.29 is 4.79 Å². The second-order valence-corrected chi connectivity index (χ2v) is 6.72. The average Bonchev–Trinajstić information content (AvgIpc) is 3.27. The Bertz CT molecular complexity index is 773. The maximum atomic E-state index is 12.2. The van der Waals surface area contributed by atoms with E-state index in [9.17, 15) is 4.79 Å². The molecule has 8 heteroatoms. The average molecular weight is 364 g/mol. The van der Waals surface area contributed by atoms with Crippen LogP contribution in [0.4, 0.5) is 5.69 Å². The summed E-state index contributed by atoms with van der Waals surface area (Å²) in [4.78, 5) is 12.2. The van der Waals surface area contributed by atoms with Crippen LogP contribution in [-0.2, 0) is 11.8 Å². The summed E-state index contributed by atoms with van der Waals surface area (Å²) in [6.07, 6.45) is 2.65. The van der Waals surface area contributed by atoms with Gasteiger partial charge in [0.1, 0.15) is 0 Å². The molecule has 0 aliphatic heterocycles. The van der Waals surface area contributed by atoms with Gasteiger partial charge in [0, 0.05) is 24.2 Å². The summed E-state index contributed by atoms with van der Waals surface area (Å²) in [5.74, 6) is 0.134. The number of nitrogens with zero attached hydrogens (tertiary/aromatic N) is 2. The van der Waals surface area contributed by atoms with Gasteiger partial charge in [-0.2, -0.15) is 5.10 Å². The number of benzene rings is 1. The van der Waals surface area contributed by atoms with E-state index < -0.39 is 0 Å². The molecule has 1 heterocycles. The van der Waals surface area contributed by atoms with E-state index in [0.29, 0.717) is 10.1 Å². The normalized spacial score (nSPS) is 18.8. The predicted molar refractivity (Wildman–Crippen MR) is 97.7 cm³/mol. The number of hydrogen-bond donors (Lipinski definition) is 3. The number of thiocarbonyl (C=S) groups is 1. The molecule has 0 saturated heterocycles. The number of rotatable bonds is 3. The molecule has 3 rings (SSSR count). The lowest BCUT2D eigenvalue weighted by Crippen LogP contribution is -2.44. The molecule has 3 N–H and O–H groups in total. The Labute approximate surface area is 150 Å². The largest absolute Gasteiger partial charge is 0.329 e. The second kappa shape index (κ2) is 6.78. The Hall–Kier alpha value is -2.12. The number of anilines is 1. The van der Waals surface area contributed by atoms with Crippen LogP contribution in [0.2, 0.25) is 5.02 Å². The van der Waals surface area contributed by atoms with Crippen molar-refractivity contribution in [1.82, 2.24) is 20.6 Å². The smallest absolute Gasteiger partial charge is 0.242 e. The molecular weight excluding hydrogens is 346 g/mol. The van der Waals surface area contributed by atoms with E-state index in [4.69, 9.17) is 23.8 Å². The van der Waals surface area contributed by atoms with Gasteiger partial charge in [-0.15, -0.1) is 0 Å². The van der Waals surface area contributed by atoms with Crippen LogP contribution in [-0.4, -0.2) is 20.8 Å². The van der Waals surface area contributed by atoms with Gasteiger partial charge in [-0.3, -0.25) is 20.3 Å². The molecule has 1 aromatic heterocycles. The lowest BCUT2D eigenvalue weighted by molar-refractivity contribution is -0.122. The summed E-state index contributed by atoms with van der Waals surface area (Å²) in [5.41, 5.74) is 8.15. The van der Waals surface area contributed by atoms with Gasteiger partial charge in [0.05, 0.1) is 11.4 Å². The Morgan fingerprint density at radius 2 is 2.04 bits per heavy atom. The second-order valence-electron chi connectivity index (χ2n) is 5.87. The highest BCUT2D eigenvalue weighted by Gasteiger charge is 2.43. The third-order valence-electron chi connectivity index (χ3n) is 3.99. The van der Waals surface area contributed by atoms with Crippen LogP contribution < -0.4 is 16.2 Å². The summed E-state index contributed by atoms with van der Waals surface area (Å²) >= 11 is 11.1. The fraction of sp³-hybridized carbons (Fsp3) is 0.312. The number of carbonyl (C=O) groups is 1. The molecular formula is C16H18ClN5OS. The Balaban J connectivity index is 1.47. The van der Waals surface area contributed by atoms with Crippen LogP contribution in [0.1, 0.15) is 23.6 Å². The van der Waals surface area contributed by atoms with Crippen LogP contribution in [0.5, 0.6) is 0 Å². The quantitative estimate of drug-likeness (QED) is 0.577. The molecule has 2 aromatic rings. The zero-order valence-electron chi connectivity index (χ0n) is 13.3. The van der Waals surface area contributed by atoms with Crippen molar-refractivity contribution in [3.63, 3.8) is 0 Å². The van der Waals surface area contributed by atoms with E-state index in [2.05, 4.69) is 21.3 Å². The first-order valence-electron chi connectivity index (χ1n) is 7.56. The lowest BCUT2D eigenvalue weighted by Gasteiger charge is -2.11. The van der Waals surface area contributed by atoms with E-state index in [1.807, 2.05) is 44.4 Å². The van der Waals surface area contributed by atoms with Crippen molar-refractivity contribution in [2.45, 2.75) is 19.3 Å². The van der Waals surface area contributed by atoms with E-state index in [1.54, 1.807) is 4.68 Å². The number of halogens is 1. The number of carbonyl (C=O) groups excluding carboxylic acids is 1. The van der Waals surface area contributed by atoms with Crippen LogP contribution in [0.15, 0.2) is 30.5 Å². The molecule has 2 atom stereocenters. The van der Waals surface area contributed by atoms with Gasteiger partial charge in [-0.1, -0.05) is 23.7 Å². The van der Waals surface area contributed by atoms with Crippen LogP contribution >= 0.6 is 23.8 Å². The standard InChI is InChI=1S/C16H18ClN5OS/c1-9-14(8-22(2)21-9)18-16(24)20-19-15(23)13-7-12(13)10-3-5-11(17)6-4-10/h3-6,8,12-13H,7H2,1-2H3,(H,19,23)(H2,18,20,24). The molecule has 1 aliphatic carbocycles. The minimum absolute atomic E-state index is 0.0402. The fourth-order valence-corrected chi connectivity index (χ4v) is 2.94. The Kier molecular flexibility index (Phi) is 4.73. The zero-order chi connectivity index (χ0) is 17.3. The van der Waals surface area contributed by atoms with Gasteiger partial charge < -0.3 is 5.32 Å². The molecule has 6 nitrogen and oxygen atoms in total. The Morgan fingerprint density at radius 1 is 1.33 bits per heavy atom. The third-order valence-corrected chi connectivity index (χ3v) is 4.44. The zero-order valence-corrected chi connectivity index (χ0v) is 14.9. The van der Waals surface area contributed by atoms with Crippen LogP contribution in [0.25, 0.3) is 0 Å². The molecule has 0 bridgehead atoms. The number of nitrogens with one attached hydrogen (secondary N) is 3. The van der Waals surface area contributed by atoms with Gasteiger partial charge in [0.15, 0.2) is 5.11 Å². The number of hydrogen-bond acceptors (Lipinski definition) is 3. The highest BCUT2D eigenvalue weighted by atomic mass is 35.5. The fourth-order valence-electron chi connectivity index (χ4n) is 2.65. The van der Waals surface area contributed by atoms with Gasteiger partial charge in [-0.05, 0) is 49.2 Å². The molecule has 0 spiro atoms. The van der Waals surface area contributed by atoms with Crippen molar-refractivity contribution in [1.29, 1.82) is 0 Å². The summed E-state index contributed by atoms with van der Waals surface area (Å²) in [6.45, 7) is 1.88. The predicted octanol–water partition coefficient (Wildman–Crippen LogP) is 2.50. The maximum Gasteiger partial charge on any atom is 0.242 e. The molecule has 1 saturated carbocycles. The number of aromatic nitrogens is 2. The number of hydrazine groups is 1. The van der Waals surface area contributed by atoms with Gasteiger partial charge in [0.2, 0.25) is 5.91 Å². The van der Waals surface area contributed by atoms with Crippen molar-refractivity contribution >= 4 is 40.5 Å². The molecule has 1 aromatic carbocycles. The first-order valence-corrected chi connectivity index (χ1v) is 8.35. The third kappa shape index (κ3) is 3.85. The molecule has 1 amide bonds. The highest BCUT2D eigenvalue weighted by molar-refractivity contribution is 7.80. The Morgan fingerprint density at radius 3 is 2.67 bits per heavy atom. The topological polar surface area (TPSA) is 71.0 Å². The van der Waals surface area contributed by atoms with Crippen LogP contribution in [0.3, 0.4) is 0 Å². The molecule has 2 unspecified atom stereocenters. The van der Waals surface area contributed by atoms with Crippen molar-refractivity contribution in [2.24, 2.45) is 13.0 Å². The van der Waals surface area contributed by atoms with E-state index in [-0.39, 0.29) is 17.7 Å². The van der Waals surface area contributed by atoms with Gasteiger partial charge in [-0.25, -0.2) is 0 Å². The van der Waals surface area contributed by atoms with Crippen molar-refractivity contribution in [3.05, 3.63) is 46.7 Å². The van der Waals surface area contributed by atoms with E-state index in [0.717, 1.165) is 23.4 Å². The van der Waals surface area contributed by atoms with Crippen molar-refractivity contribution in [3.8, 4) is 0 Å². The highest BCUT2D eigenvalue weighted by Crippen LogP contribution is 2.47. The number of aryl methyl sites for hydroxylation is 2. The summed E-state index contributed by atoms with van der Waals surface area (Å²) in [6, 6.07) is 7.62. The van der Waals surface area contributed by atoms with Crippen LogP contribution in [0, 0.1) is 12.8 Å². The molecule has 1 aliphatic rings. The summed E-state index contributed by atoms with van der Waals surface area (Å²) < 4.78 is 1.69. The first-order chi connectivity index (χ1) is 11.4. The monoisotopic (exact) mass is 363 g/mol. The van der Waals surface area contributed by atoms with Gasteiger partial charge >= 0.3 is 0 Å². The summed E-state index contributed by atoms with van der Waals surface area (Å²) in [5, 5.41) is 8.24. The SMILES string of the molecule is Cc1nn(C)cc1NC(=S)NNC(=O)C1CC1c1ccc(Cl)cc1.